The molecule has 0 saturated carbocycles. The predicted octanol–water partition coefficient (Wildman–Crippen LogP) is 5.51. The van der Waals surface area contributed by atoms with Crippen molar-refractivity contribution in [2.24, 2.45) is 0 Å². The molecular weight excluding hydrogens is 288 g/mol. The normalized spacial score (nSPS) is 9.95. The monoisotopic (exact) mass is 309 g/mol. The van der Waals surface area contributed by atoms with E-state index in [0.29, 0.717) is 5.75 Å². The maximum Gasteiger partial charge on any atom is 0.166 e. The Bertz CT molecular complexity index is 624. The molecule has 0 atom stereocenters. The molecule has 3 rings (SSSR count). The average molecular weight is 309 g/mol. The van der Waals surface area contributed by atoms with Gasteiger partial charge in [0.15, 0.2) is 14.7 Å². The molecule has 0 aliphatic carbocycles. The summed E-state index contributed by atoms with van der Waals surface area (Å²) >= 11 is 0. The maximum absolute atomic E-state index is 9.48. The van der Waals surface area contributed by atoms with Crippen molar-refractivity contribution in [3.63, 3.8) is 0 Å². The second kappa shape index (κ2) is 8.30. The molecule has 3 aromatic rings. The molecule has 1 nitrogen and oxygen atoms in total. The van der Waals surface area contributed by atoms with Crippen LogP contribution in [0, 0.1) is 0 Å². The van der Waals surface area contributed by atoms with Gasteiger partial charge in [-0.3, -0.25) is 0 Å². The predicted molar refractivity (Wildman–Crippen MR) is 94.5 cm³/mol. The first kappa shape index (κ1) is 16.2. The zero-order valence-electron chi connectivity index (χ0n) is 12.9. The Labute approximate surface area is 135 Å². The fourth-order valence-electron chi connectivity index (χ4n) is 2.10. The van der Waals surface area contributed by atoms with Gasteiger partial charge in [0.05, 0.1) is 10.9 Å². The minimum Gasteiger partial charge on any atom is -0.508 e. The van der Waals surface area contributed by atoms with Gasteiger partial charge in [-0.2, -0.15) is 0 Å². The van der Waals surface area contributed by atoms with Crippen molar-refractivity contribution in [2.45, 2.75) is 28.5 Å². The molecule has 22 heavy (non-hydrogen) atoms. The van der Waals surface area contributed by atoms with Gasteiger partial charge in [-0.15, -0.1) is 0 Å². The van der Waals surface area contributed by atoms with Crippen molar-refractivity contribution in [1.29, 1.82) is 0 Å². The van der Waals surface area contributed by atoms with Crippen LogP contribution < -0.4 is 0 Å². The second-order valence-corrected chi connectivity index (χ2v) is 6.45. The van der Waals surface area contributed by atoms with Gasteiger partial charge in [0.2, 0.25) is 0 Å². The molecule has 3 aromatic carbocycles. The van der Waals surface area contributed by atoms with Crippen LogP contribution in [0.5, 0.6) is 5.75 Å². The maximum atomic E-state index is 9.48. The summed E-state index contributed by atoms with van der Waals surface area (Å²) in [7, 11) is -0.134. The smallest absolute Gasteiger partial charge is 0.166 e. The lowest BCUT2D eigenvalue weighted by molar-refractivity contribution is 0.475. The van der Waals surface area contributed by atoms with Crippen LogP contribution in [0.4, 0.5) is 0 Å². The molecule has 0 aliphatic heterocycles. The Morgan fingerprint density at radius 2 is 0.909 bits per heavy atom. The van der Waals surface area contributed by atoms with Crippen LogP contribution in [0.15, 0.2) is 99.6 Å². The van der Waals surface area contributed by atoms with Crippen LogP contribution in [0.2, 0.25) is 0 Å². The standard InChI is InChI=1S/C18H14OS.C2H6/c19-15-11-13-18(14-12-15)20(16-7-3-1-4-8-16)17-9-5-2-6-10-17;1-2/h1-14H;1-2H3/p+1. The first-order valence-electron chi connectivity index (χ1n) is 7.48. The molecule has 0 saturated heterocycles. The third-order valence-corrected chi connectivity index (χ3v) is 5.26. The highest BCUT2D eigenvalue weighted by Gasteiger charge is 2.27. The fraction of sp³-hybridized carbons (Fsp3) is 0.100. The summed E-state index contributed by atoms with van der Waals surface area (Å²) in [4.78, 5) is 3.77. The van der Waals surface area contributed by atoms with Gasteiger partial charge in [-0.1, -0.05) is 50.2 Å². The summed E-state index contributed by atoms with van der Waals surface area (Å²) in [6.45, 7) is 4.00. The summed E-state index contributed by atoms with van der Waals surface area (Å²) in [6.07, 6.45) is 0. The molecule has 0 aliphatic rings. The minimum absolute atomic E-state index is 0.134. The summed E-state index contributed by atoms with van der Waals surface area (Å²) in [6, 6.07) is 28.5. The van der Waals surface area contributed by atoms with E-state index in [9.17, 15) is 5.11 Å². The van der Waals surface area contributed by atoms with E-state index in [2.05, 4.69) is 48.5 Å². The van der Waals surface area contributed by atoms with E-state index >= 15 is 0 Å². The second-order valence-electron chi connectivity index (χ2n) is 4.43. The number of hydrogen-bond acceptors (Lipinski definition) is 1. The molecule has 0 fully saturated rings. The summed E-state index contributed by atoms with van der Waals surface area (Å²) in [5, 5.41) is 9.48. The van der Waals surface area contributed by atoms with Crippen LogP contribution >= 0.6 is 0 Å². The molecule has 112 valence electrons. The quantitative estimate of drug-likeness (QED) is 0.632. The molecule has 0 radical (unpaired) electrons. The number of hydrogen-bond donors (Lipinski definition) is 1. The van der Waals surface area contributed by atoms with Crippen molar-refractivity contribution in [3.8, 4) is 5.75 Å². The first-order valence-corrected chi connectivity index (χ1v) is 8.70. The molecule has 0 bridgehead atoms. The van der Waals surface area contributed by atoms with Crippen molar-refractivity contribution < 1.29 is 5.11 Å². The lowest BCUT2D eigenvalue weighted by atomic mass is 10.3. The van der Waals surface area contributed by atoms with E-state index in [-0.39, 0.29) is 10.9 Å². The average Bonchev–Trinajstić information content (AvgIpc) is 2.61. The first-order chi connectivity index (χ1) is 10.8. The van der Waals surface area contributed by atoms with Gasteiger partial charge >= 0.3 is 0 Å². The number of benzene rings is 3. The molecule has 0 spiro atoms. The zero-order valence-corrected chi connectivity index (χ0v) is 13.8. The van der Waals surface area contributed by atoms with Crippen molar-refractivity contribution in [3.05, 3.63) is 84.9 Å². The highest BCUT2D eigenvalue weighted by atomic mass is 32.2. The molecule has 0 unspecified atom stereocenters. The molecule has 0 aromatic heterocycles. The van der Waals surface area contributed by atoms with Gasteiger partial charge in [-0.05, 0) is 48.5 Å². The summed E-state index contributed by atoms with van der Waals surface area (Å²) in [5.74, 6) is 0.304. The van der Waals surface area contributed by atoms with E-state index in [0.717, 1.165) is 0 Å². The minimum atomic E-state index is -0.134. The van der Waals surface area contributed by atoms with Gasteiger partial charge < -0.3 is 5.11 Å². The van der Waals surface area contributed by atoms with Crippen molar-refractivity contribution in [2.75, 3.05) is 0 Å². The third kappa shape index (κ3) is 3.92. The Hall–Kier alpha value is -2.19. The van der Waals surface area contributed by atoms with Crippen LogP contribution in [0.3, 0.4) is 0 Å². The Morgan fingerprint density at radius 1 is 0.545 bits per heavy atom. The highest BCUT2D eigenvalue weighted by molar-refractivity contribution is 7.97. The highest BCUT2D eigenvalue weighted by Crippen LogP contribution is 2.31. The van der Waals surface area contributed by atoms with Crippen LogP contribution in [0.1, 0.15) is 13.8 Å². The van der Waals surface area contributed by atoms with E-state index < -0.39 is 0 Å². The van der Waals surface area contributed by atoms with E-state index in [1.54, 1.807) is 12.1 Å². The van der Waals surface area contributed by atoms with Crippen LogP contribution in [-0.2, 0) is 10.9 Å². The Kier molecular flexibility index (Phi) is 6.11. The summed E-state index contributed by atoms with van der Waals surface area (Å²) < 4.78 is 0. The Morgan fingerprint density at radius 3 is 1.32 bits per heavy atom. The molecular formula is C20H21OS+. The van der Waals surface area contributed by atoms with Crippen LogP contribution in [-0.4, -0.2) is 5.11 Å². The van der Waals surface area contributed by atoms with Crippen molar-refractivity contribution in [1.82, 2.24) is 0 Å². The SMILES string of the molecule is CC.Oc1ccc([S+](c2ccccc2)c2ccccc2)cc1. The van der Waals surface area contributed by atoms with E-state index in [1.165, 1.54) is 14.7 Å². The van der Waals surface area contributed by atoms with Crippen molar-refractivity contribution >= 4 is 10.9 Å². The van der Waals surface area contributed by atoms with Gasteiger partial charge in [-0.25, -0.2) is 0 Å². The fourth-order valence-corrected chi connectivity index (χ4v) is 4.19. The number of aromatic hydroxyl groups is 1. The van der Waals surface area contributed by atoms with Gasteiger partial charge in [0.25, 0.3) is 0 Å². The molecule has 0 heterocycles. The third-order valence-electron chi connectivity index (χ3n) is 3.03. The summed E-state index contributed by atoms with van der Waals surface area (Å²) in [5.41, 5.74) is 0. The molecule has 1 N–H and O–H groups in total. The van der Waals surface area contributed by atoms with Gasteiger partial charge in [0, 0.05) is 0 Å². The van der Waals surface area contributed by atoms with E-state index in [4.69, 9.17) is 0 Å². The number of phenols is 1. The van der Waals surface area contributed by atoms with Gasteiger partial charge in [0.1, 0.15) is 5.75 Å². The molecule has 0 amide bonds. The number of phenolic OH excluding ortho intramolecular Hbond substituents is 1. The van der Waals surface area contributed by atoms with Crippen LogP contribution in [0.25, 0.3) is 0 Å². The Balaban J connectivity index is 0.000000847. The zero-order chi connectivity index (χ0) is 15.8. The lowest BCUT2D eigenvalue weighted by Gasteiger charge is -2.07. The largest absolute Gasteiger partial charge is 0.508 e. The number of rotatable bonds is 3. The lowest BCUT2D eigenvalue weighted by Crippen LogP contribution is -2.04. The molecule has 2 heteroatoms. The van der Waals surface area contributed by atoms with E-state index in [1.807, 2.05) is 38.1 Å². The topological polar surface area (TPSA) is 20.2 Å².